The first kappa shape index (κ1) is 10.7. The first-order valence-corrected chi connectivity index (χ1v) is 4.71. The van der Waals surface area contributed by atoms with Crippen molar-refractivity contribution in [2.24, 2.45) is 5.73 Å². The van der Waals surface area contributed by atoms with Crippen LogP contribution in [0.25, 0.3) is 0 Å². The van der Waals surface area contributed by atoms with Crippen LogP contribution in [-0.4, -0.2) is 0 Å². The van der Waals surface area contributed by atoms with Crippen molar-refractivity contribution in [3.8, 4) is 6.07 Å². The van der Waals surface area contributed by atoms with E-state index in [2.05, 4.69) is 26.8 Å². The summed E-state index contributed by atoms with van der Waals surface area (Å²) in [6.07, 6.45) is 0. The highest BCUT2D eigenvalue weighted by atomic mass is 14.6. The molecule has 0 heterocycles. The summed E-state index contributed by atoms with van der Waals surface area (Å²) in [5.74, 6) is 0. The standard InChI is InChI=1S/C12H16N2/c1-12(2,3)10-6-4-5-9(7-10)11(14)8-13/h4-7,11H,14H2,1-3H3. The van der Waals surface area contributed by atoms with Gasteiger partial charge in [0.1, 0.15) is 6.04 Å². The minimum atomic E-state index is -0.516. The third-order valence-corrected chi connectivity index (χ3v) is 2.25. The van der Waals surface area contributed by atoms with E-state index in [1.165, 1.54) is 5.56 Å². The van der Waals surface area contributed by atoms with Gasteiger partial charge in [-0.1, -0.05) is 45.0 Å². The number of nitrogens with two attached hydrogens (primary N) is 1. The van der Waals surface area contributed by atoms with Crippen molar-refractivity contribution < 1.29 is 0 Å². The lowest BCUT2D eigenvalue weighted by Crippen LogP contribution is -2.13. The van der Waals surface area contributed by atoms with Crippen molar-refractivity contribution in [2.45, 2.75) is 32.2 Å². The molecule has 0 bridgehead atoms. The van der Waals surface area contributed by atoms with Gasteiger partial charge in [-0.05, 0) is 16.5 Å². The molecule has 1 rings (SSSR count). The molecule has 2 heteroatoms. The summed E-state index contributed by atoms with van der Waals surface area (Å²) in [6.45, 7) is 6.43. The average molecular weight is 188 g/mol. The van der Waals surface area contributed by atoms with Crippen LogP contribution in [0.5, 0.6) is 0 Å². The van der Waals surface area contributed by atoms with Gasteiger partial charge in [0.15, 0.2) is 0 Å². The zero-order chi connectivity index (χ0) is 10.8. The fourth-order valence-corrected chi connectivity index (χ4v) is 1.27. The Kier molecular flexibility index (Phi) is 2.93. The van der Waals surface area contributed by atoms with E-state index in [1.54, 1.807) is 0 Å². The Morgan fingerprint density at radius 1 is 1.36 bits per heavy atom. The molecule has 2 nitrogen and oxygen atoms in total. The summed E-state index contributed by atoms with van der Waals surface area (Å²) in [5.41, 5.74) is 7.85. The predicted molar refractivity (Wildman–Crippen MR) is 57.7 cm³/mol. The Hall–Kier alpha value is -1.33. The largest absolute Gasteiger partial charge is 0.312 e. The number of nitriles is 1. The van der Waals surface area contributed by atoms with Crippen molar-refractivity contribution in [1.82, 2.24) is 0 Å². The Balaban J connectivity index is 3.09. The Morgan fingerprint density at radius 3 is 2.50 bits per heavy atom. The molecule has 0 spiro atoms. The van der Waals surface area contributed by atoms with Gasteiger partial charge in [0.2, 0.25) is 0 Å². The predicted octanol–water partition coefficient (Wildman–Crippen LogP) is 2.51. The van der Waals surface area contributed by atoms with E-state index in [4.69, 9.17) is 11.0 Å². The molecule has 1 atom stereocenters. The first-order chi connectivity index (χ1) is 6.45. The van der Waals surface area contributed by atoms with Crippen molar-refractivity contribution in [2.75, 3.05) is 0 Å². The molecule has 0 radical (unpaired) electrons. The van der Waals surface area contributed by atoms with Crippen LogP contribution < -0.4 is 5.73 Å². The van der Waals surface area contributed by atoms with Crippen LogP contribution in [0.3, 0.4) is 0 Å². The third kappa shape index (κ3) is 2.34. The fourth-order valence-electron chi connectivity index (χ4n) is 1.27. The van der Waals surface area contributed by atoms with E-state index in [1.807, 2.05) is 24.3 Å². The smallest absolute Gasteiger partial charge is 0.118 e. The quantitative estimate of drug-likeness (QED) is 0.736. The van der Waals surface area contributed by atoms with E-state index in [0.29, 0.717) is 0 Å². The van der Waals surface area contributed by atoms with E-state index >= 15 is 0 Å². The van der Waals surface area contributed by atoms with Crippen molar-refractivity contribution in [3.63, 3.8) is 0 Å². The van der Waals surface area contributed by atoms with Gasteiger partial charge in [-0.15, -0.1) is 0 Å². The number of benzene rings is 1. The molecule has 74 valence electrons. The van der Waals surface area contributed by atoms with E-state index in [-0.39, 0.29) is 5.41 Å². The first-order valence-electron chi connectivity index (χ1n) is 4.71. The lowest BCUT2D eigenvalue weighted by molar-refractivity contribution is 0.589. The molecule has 1 aromatic carbocycles. The van der Waals surface area contributed by atoms with Crippen molar-refractivity contribution in [1.29, 1.82) is 5.26 Å². The summed E-state index contributed by atoms with van der Waals surface area (Å²) >= 11 is 0. The topological polar surface area (TPSA) is 49.8 Å². The lowest BCUT2D eigenvalue weighted by atomic mass is 9.85. The molecular formula is C12H16N2. The molecule has 2 N–H and O–H groups in total. The Bertz CT molecular complexity index is 355. The maximum atomic E-state index is 8.71. The lowest BCUT2D eigenvalue weighted by Gasteiger charge is -2.20. The maximum Gasteiger partial charge on any atom is 0.118 e. The minimum absolute atomic E-state index is 0.102. The van der Waals surface area contributed by atoms with Gasteiger partial charge < -0.3 is 5.73 Å². The third-order valence-electron chi connectivity index (χ3n) is 2.25. The summed E-state index contributed by atoms with van der Waals surface area (Å²) in [5, 5.41) is 8.71. The van der Waals surface area contributed by atoms with Crippen LogP contribution in [0.4, 0.5) is 0 Å². The van der Waals surface area contributed by atoms with Crippen LogP contribution >= 0.6 is 0 Å². The molecule has 0 saturated heterocycles. The summed E-state index contributed by atoms with van der Waals surface area (Å²) < 4.78 is 0. The van der Waals surface area contributed by atoms with Crippen molar-refractivity contribution >= 4 is 0 Å². The van der Waals surface area contributed by atoms with Crippen LogP contribution in [-0.2, 0) is 5.41 Å². The second-order valence-corrected chi connectivity index (χ2v) is 4.48. The van der Waals surface area contributed by atoms with Gasteiger partial charge in [-0.2, -0.15) is 5.26 Å². The van der Waals surface area contributed by atoms with Crippen LogP contribution in [0, 0.1) is 11.3 Å². The highest BCUT2D eigenvalue weighted by molar-refractivity contribution is 5.32. The highest BCUT2D eigenvalue weighted by Crippen LogP contribution is 2.24. The van der Waals surface area contributed by atoms with Gasteiger partial charge in [-0.3, -0.25) is 0 Å². The van der Waals surface area contributed by atoms with Crippen molar-refractivity contribution in [3.05, 3.63) is 35.4 Å². The SMILES string of the molecule is CC(C)(C)c1cccc(C(N)C#N)c1. The number of rotatable bonds is 1. The van der Waals surface area contributed by atoms with Crippen LogP contribution in [0.15, 0.2) is 24.3 Å². The summed E-state index contributed by atoms with van der Waals surface area (Å²) in [7, 11) is 0. The molecule has 0 aromatic heterocycles. The van der Waals surface area contributed by atoms with E-state index < -0.39 is 6.04 Å². The fraction of sp³-hybridized carbons (Fsp3) is 0.417. The second kappa shape index (κ2) is 3.81. The number of hydrogen-bond acceptors (Lipinski definition) is 2. The number of nitrogens with zero attached hydrogens (tertiary/aromatic N) is 1. The van der Waals surface area contributed by atoms with Gasteiger partial charge in [0.05, 0.1) is 6.07 Å². The molecule has 1 unspecified atom stereocenters. The molecule has 0 aliphatic rings. The highest BCUT2D eigenvalue weighted by Gasteiger charge is 2.14. The molecule has 0 aliphatic carbocycles. The van der Waals surface area contributed by atoms with Gasteiger partial charge in [0.25, 0.3) is 0 Å². The van der Waals surface area contributed by atoms with Gasteiger partial charge >= 0.3 is 0 Å². The van der Waals surface area contributed by atoms with Gasteiger partial charge in [-0.25, -0.2) is 0 Å². The average Bonchev–Trinajstić information content (AvgIpc) is 2.15. The number of hydrogen-bond donors (Lipinski definition) is 1. The zero-order valence-corrected chi connectivity index (χ0v) is 8.91. The monoisotopic (exact) mass is 188 g/mol. The van der Waals surface area contributed by atoms with Crippen LogP contribution in [0.2, 0.25) is 0 Å². The Labute approximate surface area is 85.4 Å². The maximum absolute atomic E-state index is 8.71. The van der Waals surface area contributed by atoms with E-state index in [0.717, 1.165) is 5.56 Å². The summed E-state index contributed by atoms with van der Waals surface area (Å²) in [4.78, 5) is 0. The van der Waals surface area contributed by atoms with Gasteiger partial charge in [0, 0.05) is 0 Å². The Morgan fingerprint density at radius 2 is 2.00 bits per heavy atom. The molecule has 0 fully saturated rings. The molecular weight excluding hydrogens is 172 g/mol. The van der Waals surface area contributed by atoms with Crippen LogP contribution in [0.1, 0.15) is 37.9 Å². The minimum Gasteiger partial charge on any atom is -0.312 e. The molecule has 0 amide bonds. The summed E-state index contributed by atoms with van der Waals surface area (Å²) in [6, 6.07) is 9.44. The second-order valence-electron chi connectivity index (χ2n) is 4.48. The van der Waals surface area contributed by atoms with E-state index in [9.17, 15) is 0 Å². The molecule has 0 saturated carbocycles. The molecule has 14 heavy (non-hydrogen) atoms. The molecule has 1 aromatic rings. The normalized spacial score (nSPS) is 13.4. The zero-order valence-electron chi connectivity index (χ0n) is 8.91. The molecule has 0 aliphatic heterocycles.